The average molecular weight is 1640 g/mol. The van der Waals surface area contributed by atoms with Gasteiger partial charge in [-0.1, -0.05) is 122 Å². The van der Waals surface area contributed by atoms with Crippen LogP contribution in [0, 0.1) is 17.8 Å². The molecule has 646 valence electrons. The first-order chi connectivity index (χ1) is 54.7. The number of thioether (sulfide) groups is 1. The third-order valence-corrected chi connectivity index (χ3v) is 21.8. The predicted octanol–water partition coefficient (Wildman–Crippen LogP) is -2.41. The van der Waals surface area contributed by atoms with E-state index in [0.29, 0.717) is 43.3 Å². The molecule has 0 aromatic heterocycles. The number of carbonyl (C=O) groups excluding carboxylic acids is 12. The van der Waals surface area contributed by atoms with Crippen molar-refractivity contribution in [3.8, 4) is 5.75 Å². The molecule has 35 nitrogen and oxygen atoms in total. The molecule has 3 heterocycles. The standard InChI is InChI=1S/C79H129N15O20S/c1-8-46(4)39-47(5)20-14-11-9-10-12-17-24-62(102)86-57-42-61(101)69(82-35-32-80)92-77(112)66-60(100)30-36-93(66)79(114)64(90-76(111)65(68(104)67(103)50-25-27-51(97)28-26-50)91-75(110)58-41-52(98)43-94(58)78(113)63(48(6)96)89-74(57)109)59(99)29-34-84-70(105)53(81)23-18-19-33-83-71(106)56(40-49-21-15-13-16-22-49)88-73(108)55(38-45(2)3)87-72(107)54(85-44-95)31-37-115-7/h13,15-16,21-22,25-28,44-48,52-61,63-69,82,96-101,103-104H,8-12,14,17-20,23-24,29-43,80-81H2,1-7H3,(H,83,106)(H,84,105)(H,85,95)(H,86,102)(H,87,107)(H,88,108)(H,89,109)(H,90,111)(H,91,110)(H,92,112)/t46-,47+,48+,52+,53-,54-,55-,56-,57-,58-,59+,60-,61+,63-,64-,65-,66-,67-,68-,69-/m0/s1. The van der Waals surface area contributed by atoms with Crippen molar-refractivity contribution in [1.82, 2.24) is 68.3 Å². The molecule has 0 aliphatic carbocycles. The van der Waals surface area contributed by atoms with Crippen molar-refractivity contribution in [2.75, 3.05) is 51.3 Å². The molecule has 36 heteroatoms. The minimum absolute atomic E-state index is 0.0443. The fourth-order valence-electron chi connectivity index (χ4n) is 14.4. The minimum Gasteiger partial charge on any atom is -0.508 e. The Labute approximate surface area is 678 Å². The van der Waals surface area contributed by atoms with E-state index in [9.17, 15) is 88.8 Å². The van der Waals surface area contributed by atoms with Crippen molar-refractivity contribution in [1.29, 1.82) is 0 Å². The van der Waals surface area contributed by atoms with E-state index in [-0.39, 0.29) is 81.8 Å². The molecular weight excluding hydrogens is 1510 g/mol. The maximum atomic E-state index is 15.3. The van der Waals surface area contributed by atoms with Crippen LogP contribution in [0.5, 0.6) is 5.75 Å². The number of aliphatic hydroxyl groups is 7. The van der Waals surface area contributed by atoms with Crippen molar-refractivity contribution >= 4 is 83.2 Å². The van der Waals surface area contributed by atoms with Gasteiger partial charge < -0.3 is 115 Å². The lowest BCUT2D eigenvalue weighted by molar-refractivity contribution is -0.148. The van der Waals surface area contributed by atoms with E-state index in [1.54, 1.807) is 30.3 Å². The highest BCUT2D eigenvalue weighted by Crippen LogP contribution is 2.28. The number of unbranched alkanes of at least 4 members (excludes halogenated alkanes) is 6. The zero-order chi connectivity index (χ0) is 85.0. The van der Waals surface area contributed by atoms with Crippen LogP contribution < -0.4 is 70.0 Å². The number of nitrogens with one attached hydrogen (secondary N) is 11. The van der Waals surface area contributed by atoms with Crippen LogP contribution in [0.2, 0.25) is 0 Å². The Kier molecular flexibility index (Phi) is 42.7. The molecule has 0 spiro atoms. The number of phenols is 1. The second kappa shape index (κ2) is 50.5. The number of amides is 12. The number of carbonyl (C=O) groups is 12. The largest absolute Gasteiger partial charge is 0.508 e. The van der Waals surface area contributed by atoms with Gasteiger partial charge in [0.1, 0.15) is 78.5 Å². The number of rotatable bonds is 44. The lowest BCUT2D eigenvalue weighted by atomic mass is 9.91. The predicted molar refractivity (Wildman–Crippen MR) is 428 cm³/mol. The zero-order valence-corrected chi connectivity index (χ0v) is 68.2. The Hall–Kier alpha value is -8.17. The topological polar surface area (TPSA) is 558 Å². The number of hydrogen-bond acceptors (Lipinski definition) is 24. The summed E-state index contributed by atoms with van der Waals surface area (Å²) in [6, 6.07) is -2.68. The quantitative estimate of drug-likeness (QED) is 0.0243. The molecule has 3 saturated heterocycles. The van der Waals surface area contributed by atoms with E-state index < -0.39 is 213 Å². The lowest BCUT2D eigenvalue weighted by Crippen LogP contribution is -2.65. The van der Waals surface area contributed by atoms with E-state index in [1.165, 1.54) is 30.3 Å². The summed E-state index contributed by atoms with van der Waals surface area (Å²) >= 11 is 1.48. The van der Waals surface area contributed by atoms with Gasteiger partial charge in [-0.15, -0.1) is 0 Å². The fraction of sp³-hybridized carbons (Fsp3) is 0.696. The van der Waals surface area contributed by atoms with Gasteiger partial charge >= 0.3 is 0 Å². The highest BCUT2D eigenvalue weighted by Gasteiger charge is 2.49. The van der Waals surface area contributed by atoms with Crippen LogP contribution in [-0.2, 0) is 64.0 Å². The molecule has 0 bridgehead atoms. The number of aliphatic hydroxyl groups excluding tert-OH is 7. The van der Waals surface area contributed by atoms with Crippen molar-refractivity contribution in [2.24, 2.45) is 29.2 Å². The van der Waals surface area contributed by atoms with Crippen LogP contribution in [0.25, 0.3) is 0 Å². The molecule has 2 aromatic rings. The van der Waals surface area contributed by atoms with Crippen LogP contribution in [0.4, 0.5) is 0 Å². The van der Waals surface area contributed by atoms with Crippen molar-refractivity contribution in [2.45, 2.75) is 279 Å². The number of fused-ring (bicyclic) bond motifs is 2. The molecule has 3 aliphatic rings. The van der Waals surface area contributed by atoms with Crippen molar-refractivity contribution in [3.05, 3.63) is 65.7 Å². The van der Waals surface area contributed by atoms with E-state index in [4.69, 9.17) is 11.5 Å². The maximum absolute atomic E-state index is 15.3. The van der Waals surface area contributed by atoms with Gasteiger partial charge in [-0.3, -0.25) is 62.9 Å². The maximum Gasteiger partial charge on any atom is 0.248 e. The molecule has 0 unspecified atom stereocenters. The number of nitrogens with two attached hydrogens (primary N) is 2. The normalized spacial score (nSPS) is 23.9. The molecule has 23 N–H and O–H groups in total. The van der Waals surface area contributed by atoms with E-state index >= 15 is 9.59 Å². The van der Waals surface area contributed by atoms with Crippen LogP contribution in [0.3, 0.4) is 0 Å². The zero-order valence-electron chi connectivity index (χ0n) is 67.4. The minimum atomic E-state index is -2.41. The van der Waals surface area contributed by atoms with Gasteiger partial charge in [-0.25, -0.2) is 0 Å². The number of nitrogens with zero attached hydrogens (tertiary/aromatic N) is 2. The van der Waals surface area contributed by atoms with Crippen LogP contribution in [0.15, 0.2) is 54.6 Å². The second-order valence-corrected chi connectivity index (χ2v) is 32.2. The SMILES string of the molecule is CC[C@H](C)C[C@H](C)CCCCCCCCC(=O)N[C@H]1C[C@@H](O)[C@@H](NCCN)NC(=O)[C@@H]2[C@@H](O)CCN2C(=O)[C@H]([C@H](O)CCNC(=O)[C@@H](N)CCCCNC(=O)[C@H](Cc2ccccc2)NC(=O)[C@H](CC(C)C)NC(=O)[C@H](CCSC)NC=O)NC(=O)[C@H]([C@H](O)[C@@H](O)c2ccc(O)cc2)NC(=O)[C@@H]2C[C@@H](O)CN2C(=O)[C@H]([C@@H](C)O)NC1=O. The molecule has 5 rings (SSSR count). The van der Waals surface area contributed by atoms with Gasteiger partial charge in [-0.2, -0.15) is 11.8 Å². The third kappa shape index (κ3) is 32.0. The fourth-order valence-corrected chi connectivity index (χ4v) is 14.9. The van der Waals surface area contributed by atoms with Crippen molar-refractivity contribution < 1.29 is 98.4 Å². The highest BCUT2D eigenvalue weighted by molar-refractivity contribution is 7.98. The Balaban J connectivity index is 1.40. The summed E-state index contributed by atoms with van der Waals surface area (Å²) in [4.78, 5) is 171. The van der Waals surface area contributed by atoms with E-state index in [2.05, 4.69) is 79.3 Å². The molecule has 20 atom stereocenters. The molecule has 0 saturated carbocycles. The Morgan fingerprint density at radius 1 is 0.635 bits per heavy atom. The van der Waals surface area contributed by atoms with E-state index in [1.807, 2.05) is 20.1 Å². The molecular formula is C79H129N15O20S. The Morgan fingerprint density at radius 3 is 1.91 bits per heavy atom. The number of phenolic OH excluding ortho intramolecular Hbond substituents is 1. The lowest BCUT2D eigenvalue weighted by Gasteiger charge is -2.35. The van der Waals surface area contributed by atoms with Gasteiger partial charge in [0.2, 0.25) is 71.4 Å². The van der Waals surface area contributed by atoms with Crippen LogP contribution >= 0.6 is 11.8 Å². The summed E-state index contributed by atoms with van der Waals surface area (Å²) in [6.07, 6.45) is -5.38. The number of hydrogen-bond donors (Lipinski definition) is 21. The first kappa shape index (κ1) is 97.4. The molecule has 0 radical (unpaired) electrons. The van der Waals surface area contributed by atoms with Crippen molar-refractivity contribution in [3.63, 3.8) is 0 Å². The number of benzene rings is 2. The summed E-state index contributed by atoms with van der Waals surface area (Å²) in [5.74, 6) is -9.11. The van der Waals surface area contributed by atoms with Gasteiger partial charge in [0.05, 0.1) is 36.6 Å². The van der Waals surface area contributed by atoms with Gasteiger partial charge in [-0.05, 0) is 118 Å². The van der Waals surface area contributed by atoms with Gasteiger partial charge in [0.15, 0.2) is 0 Å². The van der Waals surface area contributed by atoms with Gasteiger partial charge in [0.25, 0.3) is 0 Å². The summed E-state index contributed by atoms with van der Waals surface area (Å²) in [5, 5.41) is 121. The summed E-state index contributed by atoms with van der Waals surface area (Å²) in [6.45, 7) is 9.90. The molecule has 2 aromatic carbocycles. The molecule has 3 aliphatic heterocycles. The Morgan fingerprint density at radius 2 is 1.26 bits per heavy atom. The Bertz CT molecular complexity index is 3410. The van der Waals surface area contributed by atoms with Crippen LogP contribution in [0.1, 0.15) is 181 Å². The van der Waals surface area contributed by atoms with Crippen LogP contribution in [-0.4, -0.2) is 277 Å². The van der Waals surface area contributed by atoms with Gasteiger partial charge in [0, 0.05) is 65.0 Å². The molecule has 115 heavy (non-hydrogen) atoms. The molecule has 12 amide bonds. The van der Waals surface area contributed by atoms with E-state index in [0.717, 1.165) is 72.9 Å². The second-order valence-electron chi connectivity index (χ2n) is 31.2. The highest BCUT2D eigenvalue weighted by atomic mass is 32.2. The monoisotopic (exact) mass is 1640 g/mol. The first-order valence-electron chi connectivity index (χ1n) is 40.5. The molecule has 3 fully saturated rings. The summed E-state index contributed by atoms with van der Waals surface area (Å²) in [7, 11) is 0. The summed E-state index contributed by atoms with van der Waals surface area (Å²) in [5.41, 5.74) is 12.8. The smallest absolute Gasteiger partial charge is 0.248 e. The average Bonchev–Trinajstić information content (AvgIpc) is 1.76. The first-order valence-corrected chi connectivity index (χ1v) is 41.9. The number of aromatic hydroxyl groups is 1. The third-order valence-electron chi connectivity index (χ3n) is 21.2. The summed E-state index contributed by atoms with van der Waals surface area (Å²) < 4.78 is 0.